The van der Waals surface area contributed by atoms with Gasteiger partial charge in [-0.25, -0.2) is 0 Å². The zero-order chi connectivity index (χ0) is 14.6. The van der Waals surface area contributed by atoms with E-state index in [-0.39, 0.29) is 11.1 Å². The molecule has 1 aromatic carbocycles. The largest absolute Gasteiger partial charge is 0.370 e. The molecule has 1 aliphatic carbocycles. The molecular weight excluding hydrogens is 270 g/mol. The molecule has 1 fully saturated rings. The van der Waals surface area contributed by atoms with Crippen LogP contribution >= 0.6 is 11.6 Å². The van der Waals surface area contributed by atoms with Gasteiger partial charge in [-0.1, -0.05) is 29.8 Å². The van der Waals surface area contributed by atoms with E-state index in [0.29, 0.717) is 6.61 Å². The van der Waals surface area contributed by atoms with Crippen molar-refractivity contribution in [3.8, 4) is 0 Å². The molecule has 0 aliphatic heterocycles. The molecule has 0 amide bonds. The Bertz CT molecular complexity index is 435. The number of benzene rings is 1. The molecule has 20 heavy (non-hydrogen) atoms. The van der Waals surface area contributed by atoms with Gasteiger partial charge in [0.2, 0.25) is 0 Å². The molecule has 0 heterocycles. The normalized spacial score (nSPS) is 17.8. The highest BCUT2D eigenvalue weighted by atomic mass is 35.5. The Balaban J connectivity index is 1.84. The SMILES string of the molecule is CC(C)(C)NCCC1(OCc2ccccc2Cl)CCC1. The van der Waals surface area contributed by atoms with Crippen LogP contribution in [0.25, 0.3) is 0 Å². The van der Waals surface area contributed by atoms with Gasteiger partial charge in [0.25, 0.3) is 0 Å². The highest BCUT2D eigenvalue weighted by molar-refractivity contribution is 6.31. The van der Waals surface area contributed by atoms with Crippen LogP contribution in [0.15, 0.2) is 24.3 Å². The van der Waals surface area contributed by atoms with E-state index in [1.54, 1.807) is 0 Å². The van der Waals surface area contributed by atoms with Gasteiger partial charge >= 0.3 is 0 Å². The van der Waals surface area contributed by atoms with Crippen LogP contribution < -0.4 is 5.32 Å². The fraction of sp³-hybridized carbons (Fsp3) is 0.647. The molecule has 1 saturated carbocycles. The molecule has 112 valence electrons. The molecule has 0 unspecified atom stereocenters. The van der Waals surface area contributed by atoms with Gasteiger partial charge in [0.05, 0.1) is 12.2 Å². The fourth-order valence-electron chi connectivity index (χ4n) is 2.55. The highest BCUT2D eigenvalue weighted by Crippen LogP contribution is 2.39. The third-order valence-electron chi connectivity index (χ3n) is 3.99. The van der Waals surface area contributed by atoms with Crippen LogP contribution in [0.1, 0.15) is 52.0 Å². The quantitative estimate of drug-likeness (QED) is 0.831. The second kappa shape index (κ2) is 6.46. The van der Waals surface area contributed by atoms with Crippen molar-refractivity contribution in [3.63, 3.8) is 0 Å². The first kappa shape index (κ1) is 15.8. The van der Waals surface area contributed by atoms with Crippen molar-refractivity contribution in [3.05, 3.63) is 34.9 Å². The van der Waals surface area contributed by atoms with Gasteiger partial charge in [-0.2, -0.15) is 0 Å². The van der Waals surface area contributed by atoms with Crippen LogP contribution in [0.5, 0.6) is 0 Å². The van der Waals surface area contributed by atoms with Gasteiger partial charge in [0.15, 0.2) is 0 Å². The lowest BCUT2D eigenvalue weighted by atomic mass is 9.77. The van der Waals surface area contributed by atoms with Crippen LogP contribution in [-0.2, 0) is 11.3 Å². The predicted molar refractivity (Wildman–Crippen MR) is 85.2 cm³/mol. The second-order valence-corrected chi connectivity index (χ2v) is 7.25. The maximum atomic E-state index is 6.22. The molecule has 2 rings (SSSR count). The number of nitrogens with one attached hydrogen (secondary N) is 1. The third kappa shape index (κ3) is 4.47. The van der Waals surface area contributed by atoms with E-state index in [4.69, 9.17) is 16.3 Å². The Kier molecular flexibility index (Phi) is 5.11. The molecule has 2 nitrogen and oxygen atoms in total. The van der Waals surface area contributed by atoms with Crippen LogP contribution in [0.4, 0.5) is 0 Å². The molecule has 0 atom stereocenters. The van der Waals surface area contributed by atoms with Gasteiger partial charge in [-0.05, 0) is 64.6 Å². The first-order chi connectivity index (χ1) is 9.40. The van der Waals surface area contributed by atoms with E-state index in [1.165, 1.54) is 19.3 Å². The van der Waals surface area contributed by atoms with E-state index < -0.39 is 0 Å². The van der Waals surface area contributed by atoms with E-state index in [9.17, 15) is 0 Å². The molecule has 0 bridgehead atoms. The molecule has 1 aromatic rings. The molecule has 1 N–H and O–H groups in total. The Labute approximate surface area is 127 Å². The Hall–Kier alpha value is -0.570. The summed E-state index contributed by atoms with van der Waals surface area (Å²) in [5.74, 6) is 0. The lowest BCUT2D eigenvalue weighted by Gasteiger charge is -2.42. The summed E-state index contributed by atoms with van der Waals surface area (Å²) in [5, 5.41) is 4.35. The molecule has 0 radical (unpaired) electrons. The standard InChI is InChI=1S/C17H26ClNO/c1-16(2,3)19-12-11-17(9-6-10-17)20-13-14-7-4-5-8-15(14)18/h4-5,7-8,19H,6,9-13H2,1-3H3. The zero-order valence-corrected chi connectivity index (χ0v) is 13.6. The Morgan fingerprint density at radius 3 is 2.50 bits per heavy atom. The number of rotatable bonds is 6. The van der Waals surface area contributed by atoms with Crippen molar-refractivity contribution in [1.29, 1.82) is 0 Å². The Morgan fingerprint density at radius 2 is 1.95 bits per heavy atom. The topological polar surface area (TPSA) is 21.3 Å². The number of halogens is 1. The molecule has 1 aliphatic rings. The predicted octanol–water partition coefficient (Wildman–Crippen LogP) is 4.56. The van der Waals surface area contributed by atoms with Crippen molar-refractivity contribution in [2.75, 3.05) is 6.54 Å². The molecule has 0 spiro atoms. The number of hydrogen-bond donors (Lipinski definition) is 1. The van der Waals surface area contributed by atoms with E-state index in [2.05, 4.69) is 26.1 Å². The maximum Gasteiger partial charge on any atom is 0.0738 e. The summed E-state index contributed by atoms with van der Waals surface area (Å²) in [7, 11) is 0. The maximum absolute atomic E-state index is 6.22. The lowest BCUT2D eigenvalue weighted by Crippen LogP contribution is -2.45. The highest BCUT2D eigenvalue weighted by Gasteiger charge is 2.37. The van der Waals surface area contributed by atoms with Gasteiger partial charge < -0.3 is 10.1 Å². The summed E-state index contributed by atoms with van der Waals surface area (Å²) < 4.78 is 6.22. The number of ether oxygens (including phenoxy) is 1. The summed E-state index contributed by atoms with van der Waals surface area (Å²) >= 11 is 6.19. The van der Waals surface area contributed by atoms with Crippen molar-refractivity contribution < 1.29 is 4.74 Å². The average Bonchev–Trinajstić information content (AvgIpc) is 2.32. The second-order valence-electron chi connectivity index (χ2n) is 6.84. The van der Waals surface area contributed by atoms with Crippen LogP contribution in [-0.4, -0.2) is 17.7 Å². The third-order valence-corrected chi connectivity index (χ3v) is 4.36. The summed E-state index contributed by atoms with van der Waals surface area (Å²) in [6.07, 6.45) is 4.69. The van der Waals surface area contributed by atoms with Crippen molar-refractivity contribution in [2.24, 2.45) is 0 Å². The van der Waals surface area contributed by atoms with Gasteiger partial charge in [0.1, 0.15) is 0 Å². The fourth-order valence-corrected chi connectivity index (χ4v) is 2.74. The van der Waals surface area contributed by atoms with Gasteiger partial charge in [-0.3, -0.25) is 0 Å². The molecule has 0 aromatic heterocycles. The van der Waals surface area contributed by atoms with Crippen molar-refractivity contribution >= 4 is 11.6 Å². The van der Waals surface area contributed by atoms with Gasteiger partial charge in [0, 0.05) is 10.6 Å². The van der Waals surface area contributed by atoms with E-state index in [1.807, 2.05) is 24.3 Å². The molecule has 0 saturated heterocycles. The van der Waals surface area contributed by atoms with E-state index in [0.717, 1.165) is 23.6 Å². The van der Waals surface area contributed by atoms with Gasteiger partial charge in [-0.15, -0.1) is 0 Å². The van der Waals surface area contributed by atoms with Crippen molar-refractivity contribution in [1.82, 2.24) is 5.32 Å². The minimum absolute atomic E-state index is 0.0669. The van der Waals surface area contributed by atoms with Crippen LogP contribution in [0.3, 0.4) is 0 Å². The number of hydrogen-bond acceptors (Lipinski definition) is 2. The first-order valence-corrected chi connectivity index (χ1v) is 7.90. The summed E-state index contributed by atoms with van der Waals surface area (Å²) in [4.78, 5) is 0. The summed E-state index contributed by atoms with van der Waals surface area (Å²) in [6, 6.07) is 7.94. The lowest BCUT2D eigenvalue weighted by molar-refractivity contribution is -0.114. The monoisotopic (exact) mass is 295 g/mol. The average molecular weight is 296 g/mol. The van der Waals surface area contributed by atoms with Crippen LogP contribution in [0.2, 0.25) is 5.02 Å². The smallest absolute Gasteiger partial charge is 0.0738 e. The molecule has 3 heteroatoms. The first-order valence-electron chi connectivity index (χ1n) is 7.53. The molecular formula is C17H26ClNO. The Morgan fingerprint density at radius 1 is 1.25 bits per heavy atom. The minimum atomic E-state index is 0.0669. The van der Waals surface area contributed by atoms with Crippen molar-refractivity contribution in [2.45, 2.75) is 64.2 Å². The van der Waals surface area contributed by atoms with E-state index >= 15 is 0 Å². The summed E-state index contributed by atoms with van der Waals surface area (Å²) in [6.45, 7) is 8.22. The zero-order valence-electron chi connectivity index (χ0n) is 12.8. The van der Waals surface area contributed by atoms with Crippen LogP contribution in [0, 0.1) is 0 Å². The summed E-state index contributed by atoms with van der Waals surface area (Å²) in [5.41, 5.74) is 1.33. The minimum Gasteiger partial charge on any atom is -0.370 e.